The molecule has 4 rings (SSSR count). The van der Waals surface area contributed by atoms with Crippen molar-refractivity contribution in [3.8, 4) is 0 Å². The number of rotatable bonds is 4. The Kier molecular flexibility index (Phi) is 6.07. The lowest BCUT2D eigenvalue weighted by Crippen LogP contribution is -2.48. The molecule has 1 spiro atoms. The lowest BCUT2D eigenvalue weighted by Gasteiger charge is -2.47. The fourth-order valence-corrected chi connectivity index (χ4v) is 5.29. The second-order valence-corrected chi connectivity index (χ2v) is 9.10. The van der Waals surface area contributed by atoms with Gasteiger partial charge in [-0.1, -0.05) is 42.5 Å². The highest BCUT2D eigenvalue weighted by Gasteiger charge is 2.38. The Morgan fingerprint density at radius 2 is 1.50 bits per heavy atom. The number of nitrogens with zero attached hydrogens (tertiary/aromatic N) is 2. The summed E-state index contributed by atoms with van der Waals surface area (Å²) in [4.78, 5) is 18.8. The maximum absolute atomic E-state index is 13.0. The zero-order valence-corrected chi connectivity index (χ0v) is 17.6. The molecule has 4 heteroatoms. The van der Waals surface area contributed by atoms with Crippen LogP contribution in [-0.4, -0.2) is 48.1 Å². The van der Waals surface area contributed by atoms with Crippen molar-refractivity contribution in [2.75, 3.05) is 32.4 Å². The fraction of sp³-hybridized carbons (Fsp3) is 0.458. The Labute approximate surface area is 173 Å². The maximum atomic E-state index is 13.0. The predicted octanol–water partition coefficient (Wildman–Crippen LogP) is 4.93. The van der Waals surface area contributed by atoms with Crippen LogP contribution in [-0.2, 0) is 6.54 Å². The van der Waals surface area contributed by atoms with Crippen molar-refractivity contribution in [1.82, 2.24) is 9.80 Å². The number of piperidine rings is 2. The van der Waals surface area contributed by atoms with E-state index in [1.165, 1.54) is 31.5 Å². The molecule has 0 aliphatic carbocycles. The largest absolute Gasteiger partial charge is 0.339 e. The molecule has 0 saturated carbocycles. The van der Waals surface area contributed by atoms with Crippen LogP contribution in [0, 0.1) is 5.41 Å². The van der Waals surface area contributed by atoms with Crippen LogP contribution in [0.1, 0.15) is 41.6 Å². The highest BCUT2D eigenvalue weighted by molar-refractivity contribution is 7.98. The topological polar surface area (TPSA) is 23.6 Å². The minimum absolute atomic E-state index is 0.210. The number of hydrogen-bond donors (Lipinski definition) is 0. The minimum atomic E-state index is 0.210. The van der Waals surface area contributed by atoms with Gasteiger partial charge in [-0.2, -0.15) is 0 Å². The van der Waals surface area contributed by atoms with Crippen LogP contribution in [0.3, 0.4) is 0 Å². The van der Waals surface area contributed by atoms with Crippen molar-refractivity contribution in [2.24, 2.45) is 5.41 Å². The van der Waals surface area contributed by atoms with Gasteiger partial charge in [-0.3, -0.25) is 9.69 Å². The Bertz CT molecular complexity index is 789. The van der Waals surface area contributed by atoms with E-state index < -0.39 is 0 Å². The summed E-state index contributed by atoms with van der Waals surface area (Å²) in [5.74, 6) is 0.210. The van der Waals surface area contributed by atoms with Crippen LogP contribution >= 0.6 is 11.8 Å². The summed E-state index contributed by atoms with van der Waals surface area (Å²) in [6, 6.07) is 18.8. The molecule has 0 N–H and O–H groups in total. The molecule has 2 heterocycles. The highest BCUT2D eigenvalue weighted by atomic mass is 32.2. The van der Waals surface area contributed by atoms with E-state index in [1.54, 1.807) is 11.8 Å². The van der Waals surface area contributed by atoms with Gasteiger partial charge in [0.2, 0.25) is 0 Å². The first-order valence-electron chi connectivity index (χ1n) is 10.4. The first-order valence-corrected chi connectivity index (χ1v) is 11.6. The van der Waals surface area contributed by atoms with E-state index in [0.29, 0.717) is 5.41 Å². The Morgan fingerprint density at radius 3 is 2.18 bits per heavy atom. The van der Waals surface area contributed by atoms with Crippen LogP contribution in [0.4, 0.5) is 0 Å². The number of likely N-dealkylation sites (tertiary alicyclic amines) is 2. The first-order chi connectivity index (χ1) is 13.7. The number of amides is 1. The average Bonchev–Trinajstić information content (AvgIpc) is 2.76. The molecule has 0 bridgehead atoms. The van der Waals surface area contributed by atoms with E-state index in [-0.39, 0.29) is 5.91 Å². The third-order valence-electron chi connectivity index (χ3n) is 6.61. The van der Waals surface area contributed by atoms with Gasteiger partial charge in [-0.25, -0.2) is 0 Å². The van der Waals surface area contributed by atoms with Gasteiger partial charge in [0.05, 0.1) is 5.56 Å². The molecular weight excluding hydrogens is 364 g/mol. The molecule has 1 amide bonds. The summed E-state index contributed by atoms with van der Waals surface area (Å²) in [5.41, 5.74) is 2.72. The molecule has 0 atom stereocenters. The van der Waals surface area contributed by atoms with Gasteiger partial charge in [0.25, 0.3) is 5.91 Å². The van der Waals surface area contributed by atoms with E-state index in [1.807, 2.05) is 30.5 Å². The molecule has 2 aromatic rings. The molecule has 2 aliphatic heterocycles. The summed E-state index contributed by atoms with van der Waals surface area (Å²) in [7, 11) is 0. The Balaban J connectivity index is 1.31. The summed E-state index contributed by atoms with van der Waals surface area (Å²) in [5, 5.41) is 0. The Hall–Kier alpha value is -1.78. The van der Waals surface area contributed by atoms with E-state index in [0.717, 1.165) is 42.9 Å². The predicted molar refractivity (Wildman–Crippen MR) is 117 cm³/mol. The van der Waals surface area contributed by atoms with Crippen LogP contribution in [0.2, 0.25) is 0 Å². The fourth-order valence-electron chi connectivity index (χ4n) is 4.70. The van der Waals surface area contributed by atoms with Crippen LogP contribution in [0.5, 0.6) is 0 Å². The normalized spacial score (nSPS) is 19.7. The zero-order chi connectivity index (χ0) is 19.4. The van der Waals surface area contributed by atoms with Crippen LogP contribution in [0.25, 0.3) is 0 Å². The summed E-state index contributed by atoms with van der Waals surface area (Å²) in [6.45, 7) is 5.23. The first kappa shape index (κ1) is 19.5. The van der Waals surface area contributed by atoms with Gasteiger partial charge in [0, 0.05) is 24.5 Å². The molecule has 0 aromatic heterocycles. The van der Waals surface area contributed by atoms with Gasteiger partial charge in [-0.15, -0.1) is 11.8 Å². The molecule has 148 valence electrons. The average molecular weight is 395 g/mol. The number of thioether (sulfide) groups is 1. The molecule has 2 fully saturated rings. The van der Waals surface area contributed by atoms with Crippen molar-refractivity contribution >= 4 is 17.7 Å². The smallest absolute Gasteiger partial charge is 0.254 e. The lowest BCUT2D eigenvalue weighted by atomic mass is 9.71. The monoisotopic (exact) mass is 394 g/mol. The zero-order valence-electron chi connectivity index (χ0n) is 16.8. The van der Waals surface area contributed by atoms with Gasteiger partial charge in [0.1, 0.15) is 0 Å². The highest BCUT2D eigenvalue weighted by Crippen LogP contribution is 2.42. The van der Waals surface area contributed by atoms with E-state index in [2.05, 4.69) is 40.1 Å². The molecule has 0 radical (unpaired) electrons. The Morgan fingerprint density at radius 1 is 0.893 bits per heavy atom. The third kappa shape index (κ3) is 4.28. The van der Waals surface area contributed by atoms with Crippen molar-refractivity contribution in [1.29, 1.82) is 0 Å². The molecule has 2 aliphatic rings. The maximum Gasteiger partial charge on any atom is 0.254 e. The van der Waals surface area contributed by atoms with E-state index in [9.17, 15) is 4.79 Å². The van der Waals surface area contributed by atoms with Gasteiger partial charge >= 0.3 is 0 Å². The SMILES string of the molecule is CSc1ccccc1C(=O)N1CCC2(CCN(Cc3ccccc3)CC2)CC1. The quantitative estimate of drug-likeness (QED) is 0.687. The summed E-state index contributed by atoms with van der Waals surface area (Å²) < 4.78 is 0. The standard InChI is InChI=1S/C24H30N2OS/c1-28-22-10-6-5-9-21(22)23(27)26-17-13-24(14-18-26)11-15-25(16-12-24)19-20-7-3-2-4-8-20/h2-10H,11-19H2,1H3. The van der Waals surface area contributed by atoms with Crippen molar-refractivity contribution in [3.63, 3.8) is 0 Å². The number of carbonyl (C=O) groups excluding carboxylic acids is 1. The van der Waals surface area contributed by atoms with Crippen LogP contribution < -0.4 is 0 Å². The minimum Gasteiger partial charge on any atom is -0.339 e. The van der Waals surface area contributed by atoms with Crippen molar-refractivity contribution in [3.05, 3.63) is 65.7 Å². The van der Waals surface area contributed by atoms with Crippen LogP contribution in [0.15, 0.2) is 59.5 Å². The summed E-state index contributed by atoms with van der Waals surface area (Å²) in [6.07, 6.45) is 6.88. The number of carbonyl (C=O) groups is 1. The second-order valence-electron chi connectivity index (χ2n) is 8.25. The van der Waals surface area contributed by atoms with E-state index in [4.69, 9.17) is 0 Å². The molecule has 28 heavy (non-hydrogen) atoms. The van der Waals surface area contributed by atoms with Crippen molar-refractivity contribution < 1.29 is 4.79 Å². The molecule has 2 aromatic carbocycles. The summed E-state index contributed by atoms with van der Waals surface area (Å²) >= 11 is 1.66. The van der Waals surface area contributed by atoms with Crippen molar-refractivity contribution in [2.45, 2.75) is 37.1 Å². The van der Waals surface area contributed by atoms with E-state index >= 15 is 0 Å². The second kappa shape index (κ2) is 8.71. The molecule has 3 nitrogen and oxygen atoms in total. The van der Waals surface area contributed by atoms with Gasteiger partial charge in [0.15, 0.2) is 0 Å². The molecule has 2 saturated heterocycles. The van der Waals surface area contributed by atoms with Gasteiger partial charge in [-0.05, 0) is 68.1 Å². The molecule has 0 unspecified atom stereocenters. The number of benzene rings is 2. The molecular formula is C24H30N2OS. The lowest BCUT2D eigenvalue weighted by molar-refractivity contribution is 0.0283. The third-order valence-corrected chi connectivity index (χ3v) is 7.41. The number of hydrogen-bond acceptors (Lipinski definition) is 3. The van der Waals surface area contributed by atoms with Gasteiger partial charge < -0.3 is 4.90 Å².